The number of hydrogen-bond acceptors (Lipinski definition) is 6. The molecular weight excluding hydrogens is 473 g/mol. The maximum atomic E-state index is 12.4. The Hall–Kier alpha value is -2.62. The number of benzene rings is 2. The molecule has 8 nitrogen and oxygen atoms in total. The summed E-state index contributed by atoms with van der Waals surface area (Å²) in [7, 11) is 0. The molecule has 1 N–H and O–H groups in total. The Morgan fingerprint density at radius 3 is 2.66 bits per heavy atom. The van der Waals surface area contributed by atoms with Gasteiger partial charge in [0, 0.05) is 29.2 Å². The third kappa shape index (κ3) is 4.90. The molecule has 1 fully saturated rings. The first-order valence-corrected chi connectivity index (χ1v) is 11.7. The molecule has 2 atom stereocenters. The first kappa shape index (κ1) is 22.6. The molecule has 0 saturated heterocycles. The van der Waals surface area contributed by atoms with Crippen LogP contribution >= 0.6 is 35.0 Å². The number of carbonyl (C=O) groups excluding carboxylic acids is 1. The van der Waals surface area contributed by atoms with E-state index in [4.69, 9.17) is 23.2 Å². The molecule has 4 rings (SSSR count). The Labute approximate surface area is 198 Å². The van der Waals surface area contributed by atoms with E-state index in [9.17, 15) is 14.9 Å². The molecule has 0 bridgehead atoms. The molecule has 2 unspecified atom stereocenters. The minimum Gasteiger partial charge on any atom is -0.325 e. The first-order valence-electron chi connectivity index (χ1n) is 9.92. The standard InChI is InChI=1S/C21H19Cl2N5O3S/c1-2-27-20(16-10-15(16)12-3-5-13(22)6-4-12)25-26-21(27)32-11-19(29)24-14-7-8-17(23)18(9-14)28(30)31/h3-9,15-16H,2,10-11H2,1H3,(H,24,29). The summed E-state index contributed by atoms with van der Waals surface area (Å²) in [6.07, 6.45) is 1.00. The lowest BCUT2D eigenvalue weighted by atomic mass is 10.1. The van der Waals surface area contributed by atoms with Crippen LogP contribution in [0.15, 0.2) is 47.6 Å². The van der Waals surface area contributed by atoms with Crippen molar-refractivity contribution >= 4 is 52.2 Å². The number of amides is 1. The number of hydrogen-bond donors (Lipinski definition) is 1. The van der Waals surface area contributed by atoms with Gasteiger partial charge in [-0.25, -0.2) is 0 Å². The monoisotopic (exact) mass is 491 g/mol. The van der Waals surface area contributed by atoms with E-state index in [1.165, 1.54) is 35.5 Å². The van der Waals surface area contributed by atoms with E-state index < -0.39 is 4.92 Å². The van der Waals surface area contributed by atoms with Crippen LogP contribution < -0.4 is 5.32 Å². The van der Waals surface area contributed by atoms with Gasteiger partial charge in [0.05, 0.1) is 10.7 Å². The van der Waals surface area contributed by atoms with Crippen molar-refractivity contribution in [1.29, 1.82) is 0 Å². The normalized spacial score (nSPS) is 17.2. The molecule has 1 saturated carbocycles. The fourth-order valence-corrected chi connectivity index (χ4v) is 4.72. The quantitative estimate of drug-likeness (QED) is 0.253. The zero-order chi connectivity index (χ0) is 22.8. The zero-order valence-corrected chi connectivity index (χ0v) is 19.3. The van der Waals surface area contributed by atoms with E-state index >= 15 is 0 Å². The average Bonchev–Trinajstić information content (AvgIpc) is 3.45. The minimum absolute atomic E-state index is 0.0166. The zero-order valence-electron chi connectivity index (χ0n) is 17.0. The number of nitrogens with one attached hydrogen (secondary N) is 1. The second kappa shape index (κ2) is 9.48. The highest BCUT2D eigenvalue weighted by Gasteiger charge is 2.43. The lowest BCUT2D eigenvalue weighted by Gasteiger charge is -2.08. The van der Waals surface area contributed by atoms with Crippen LogP contribution in [0.4, 0.5) is 11.4 Å². The number of nitro benzene ring substituents is 1. The minimum atomic E-state index is -0.590. The largest absolute Gasteiger partial charge is 0.325 e. The maximum absolute atomic E-state index is 12.4. The van der Waals surface area contributed by atoms with Crippen LogP contribution in [0.25, 0.3) is 0 Å². The van der Waals surface area contributed by atoms with Crippen molar-refractivity contribution in [1.82, 2.24) is 14.8 Å². The molecule has 0 spiro atoms. The average molecular weight is 492 g/mol. The Morgan fingerprint density at radius 2 is 1.97 bits per heavy atom. The molecule has 166 valence electrons. The van der Waals surface area contributed by atoms with Crippen LogP contribution in [0.3, 0.4) is 0 Å². The number of aromatic nitrogens is 3. The van der Waals surface area contributed by atoms with Gasteiger partial charge in [-0.05, 0) is 49.1 Å². The number of nitrogens with zero attached hydrogens (tertiary/aromatic N) is 4. The van der Waals surface area contributed by atoms with Gasteiger partial charge in [-0.2, -0.15) is 0 Å². The Balaban J connectivity index is 1.39. The molecule has 2 aromatic carbocycles. The number of rotatable bonds is 8. The SMILES string of the molecule is CCn1c(SCC(=O)Nc2ccc(Cl)c([N+](=O)[O-])c2)nnc1C1CC1c1ccc(Cl)cc1. The molecule has 1 aliphatic rings. The summed E-state index contributed by atoms with van der Waals surface area (Å²) in [5.41, 5.74) is 1.29. The summed E-state index contributed by atoms with van der Waals surface area (Å²) in [4.78, 5) is 22.8. The highest BCUT2D eigenvalue weighted by molar-refractivity contribution is 7.99. The topological polar surface area (TPSA) is 103 Å². The van der Waals surface area contributed by atoms with Crippen LogP contribution in [0.5, 0.6) is 0 Å². The van der Waals surface area contributed by atoms with Crippen molar-refractivity contribution in [3.8, 4) is 0 Å². The van der Waals surface area contributed by atoms with E-state index in [1.807, 2.05) is 35.8 Å². The molecule has 0 radical (unpaired) electrons. The highest BCUT2D eigenvalue weighted by atomic mass is 35.5. The molecule has 11 heteroatoms. The third-order valence-electron chi connectivity index (χ3n) is 5.24. The van der Waals surface area contributed by atoms with Crippen molar-refractivity contribution in [2.24, 2.45) is 0 Å². The highest BCUT2D eigenvalue weighted by Crippen LogP contribution is 2.54. The van der Waals surface area contributed by atoms with Gasteiger partial charge in [-0.1, -0.05) is 47.1 Å². The van der Waals surface area contributed by atoms with Crippen LogP contribution in [0, 0.1) is 10.1 Å². The Bertz CT molecular complexity index is 1170. The van der Waals surface area contributed by atoms with Crippen molar-refractivity contribution in [2.75, 3.05) is 11.1 Å². The van der Waals surface area contributed by atoms with Crippen LogP contribution in [-0.4, -0.2) is 31.3 Å². The maximum Gasteiger partial charge on any atom is 0.289 e. The predicted molar refractivity (Wildman–Crippen MR) is 125 cm³/mol. The summed E-state index contributed by atoms with van der Waals surface area (Å²) in [6, 6.07) is 12.0. The van der Waals surface area contributed by atoms with Gasteiger partial charge < -0.3 is 9.88 Å². The Kier molecular flexibility index (Phi) is 6.68. The van der Waals surface area contributed by atoms with E-state index in [1.54, 1.807) is 0 Å². The van der Waals surface area contributed by atoms with Crippen molar-refractivity contribution in [3.05, 3.63) is 74.0 Å². The van der Waals surface area contributed by atoms with Gasteiger partial charge in [0.25, 0.3) is 5.69 Å². The van der Waals surface area contributed by atoms with Gasteiger partial charge in [0.1, 0.15) is 10.8 Å². The van der Waals surface area contributed by atoms with Gasteiger partial charge >= 0.3 is 0 Å². The van der Waals surface area contributed by atoms with E-state index in [-0.39, 0.29) is 22.4 Å². The van der Waals surface area contributed by atoms with Crippen LogP contribution in [-0.2, 0) is 11.3 Å². The summed E-state index contributed by atoms with van der Waals surface area (Å²) in [5, 5.41) is 23.7. The van der Waals surface area contributed by atoms with E-state index in [2.05, 4.69) is 15.5 Å². The van der Waals surface area contributed by atoms with Gasteiger partial charge in [0.2, 0.25) is 5.91 Å². The summed E-state index contributed by atoms with van der Waals surface area (Å²) >= 11 is 13.1. The number of anilines is 1. The molecule has 1 heterocycles. The summed E-state index contributed by atoms with van der Waals surface area (Å²) in [5.74, 6) is 1.40. The van der Waals surface area contributed by atoms with Crippen molar-refractivity contribution in [2.45, 2.75) is 36.9 Å². The molecule has 0 aliphatic heterocycles. The van der Waals surface area contributed by atoms with Crippen LogP contribution in [0.2, 0.25) is 10.0 Å². The number of carbonyl (C=O) groups is 1. The lowest BCUT2D eigenvalue weighted by Crippen LogP contribution is -2.15. The van der Waals surface area contributed by atoms with Gasteiger partial charge in [0.15, 0.2) is 5.16 Å². The lowest BCUT2D eigenvalue weighted by molar-refractivity contribution is -0.384. The van der Waals surface area contributed by atoms with Gasteiger partial charge in [-0.15, -0.1) is 10.2 Å². The van der Waals surface area contributed by atoms with Gasteiger partial charge in [-0.3, -0.25) is 14.9 Å². The van der Waals surface area contributed by atoms with E-state index in [0.717, 1.165) is 12.2 Å². The third-order valence-corrected chi connectivity index (χ3v) is 6.78. The molecule has 1 amide bonds. The second-order valence-corrected chi connectivity index (χ2v) is 9.13. The summed E-state index contributed by atoms with van der Waals surface area (Å²) in [6.45, 7) is 2.71. The Morgan fingerprint density at radius 1 is 1.22 bits per heavy atom. The number of nitro groups is 1. The molecule has 32 heavy (non-hydrogen) atoms. The summed E-state index contributed by atoms with van der Waals surface area (Å²) < 4.78 is 2.03. The van der Waals surface area contributed by atoms with E-state index in [0.29, 0.717) is 34.2 Å². The first-order chi connectivity index (χ1) is 15.4. The second-order valence-electron chi connectivity index (χ2n) is 7.35. The van der Waals surface area contributed by atoms with Crippen LogP contribution in [0.1, 0.15) is 36.6 Å². The number of thioether (sulfide) groups is 1. The molecule has 1 aliphatic carbocycles. The number of halogens is 2. The van der Waals surface area contributed by atoms with Crippen molar-refractivity contribution < 1.29 is 9.72 Å². The molecular formula is C21H19Cl2N5O3S. The predicted octanol–water partition coefficient (Wildman–Crippen LogP) is 5.51. The fourth-order valence-electron chi connectivity index (χ4n) is 3.59. The van der Waals surface area contributed by atoms with Crippen molar-refractivity contribution in [3.63, 3.8) is 0 Å². The fraction of sp³-hybridized carbons (Fsp3) is 0.286. The smallest absolute Gasteiger partial charge is 0.289 e. The molecule has 1 aromatic heterocycles. The molecule has 3 aromatic rings.